The molecule has 116 valence electrons. The largest absolute Gasteiger partial charge is 0.369 e. The van der Waals surface area contributed by atoms with Gasteiger partial charge in [-0.2, -0.15) is 0 Å². The van der Waals surface area contributed by atoms with E-state index in [4.69, 9.17) is 0 Å². The average Bonchev–Trinajstić information content (AvgIpc) is 2.48. The van der Waals surface area contributed by atoms with Gasteiger partial charge in [-0.05, 0) is 30.5 Å². The number of aromatic nitrogens is 2. The van der Waals surface area contributed by atoms with Crippen molar-refractivity contribution in [1.29, 1.82) is 0 Å². The Morgan fingerprint density at radius 1 is 1.36 bits per heavy atom. The highest BCUT2D eigenvalue weighted by Crippen LogP contribution is 2.25. The second kappa shape index (κ2) is 6.98. The molecule has 0 radical (unpaired) electrons. The quantitative estimate of drug-likeness (QED) is 0.652. The summed E-state index contributed by atoms with van der Waals surface area (Å²) in [5.74, 6) is 1.39. The Labute approximate surface area is 129 Å². The first kappa shape index (κ1) is 15.9. The van der Waals surface area contributed by atoms with Gasteiger partial charge in [-0.15, -0.1) is 0 Å². The molecule has 0 aliphatic carbocycles. The van der Waals surface area contributed by atoms with Gasteiger partial charge in [0.1, 0.15) is 12.0 Å². The molecule has 22 heavy (non-hydrogen) atoms. The highest BCUT2D eigenvalue weighted by molar-refractivity contribution is 5.47. The normalized spacial score (nSPS) is 12.2. The molecule has 0 aromatic carbocycles. The van der Waals surface area contributed by atoms with Gasteiger partial charge in [-0.3, -0.25) is 15.1 Å². The zero-order valence-corrected chi connectivity index (χ0v) is 13.0. The third kappa shape index (κ3) is 3.78. The Hall–Kier alpha value is -2.50. The van der Waals surface area contributed by atoms with E-state index in [9.17, 15) is 10.1 Å². The van der Waals surface area contributed by atoms with Crippen molar-refractivity contribution in [3.63, 3.8) is 0 Å². The number of hydrogen-bond donors (Lipinski definition) is 1. The van der Waals surface area contributed by atoms with Crippen LogP contribution >= 0.6 is 0 Å². The van der Waals surface area contributed by atoms with Crippen LogP contribution in [-0.4, -0.2) is 21.4 Å². The van der Waals surface area contributed by atoms with Crippen LogP contribution in [0.3, 0.4) is 0 Å². The lowest BCUT2D eigenvalue weighted by Crippen LogP contribution is -2.18. The summed E-state index contributed by atoms with van der Waals surface area (Å²) in [5, 5.41) is 14.1. The van der Waals surface area contributed by atoms with Crippen LogP contribution in [0.5, 0.6) is 0 Å². The van der Waals surface area contributed by atoms with E-state index in [0.717, 1.165) is 0 Å². The maximum Gasteiger partial charge on any atom is 0.290 e. The number of anilines is 1. The Kier molecular flexibility index (Phi) is 5.04. The summed E-state index contributed by atoms with van der Waals surface area (Å²) < 4.78 is 0. The number of hydrogen-bond acceptors (Lipinski definition) is 5. The summed E-state index contributed by atoms with van der Waals surface area (Å²) in [6.07, 6.45) is 4.93. The number of nitro groups is 1. The van der Waals surface area contributed by atoms with Crippen LogP contribution in [0.2, 0.25) is 0 Å². The smallest absolute Gasteiger partial charge is 0.290 e. The summed E-state index contributed by atoms with van der Waals surface area (Å²) in [7, 11) is 0. The Morgan fingerprint density at radius 2 is 2.14 bits per heavy atom. The fourth-order valence-electron chi connectivity index (χ4n) is 2.38. The minimum atomic E-state index is -0.418. The van der Waals surface area contributed by atoms with Gasteiger partial charge < -0.3 is 5.32 Å². The van der Waals surface area contributed by atoms with Crippen molar-refractivity contribution in [2.45, 2.75) is 26.7 Å². The Bertz CT molecular complexity index is 644. The molecule has 2 rings (SSSR count). The van der Waals surface area contributed by atoms with Gasteiger partial charge in [0.15, 0.2) is 0 Å². The molecule has 0 amide bonds. The van der Waals surface area contributed by atoms with E-state index in [1.54, 1.807) is 19.2 Å². The summed E-state index contributed by atoms with van der Waals surface area (Å²) in [6.45, 7) is 6.74. The van der Waals surface area contributed by atoms with Crippen LogP contribution in [-0.2, 0) is 0 Å². The minimum absolute atomic E-state index is 0.0400. The van der Waals surface area contributed by atoms with Gasteiger partial charge in [0.05, 0.1) is 4.92 Å². The van der Waals surface area contributed by atoms with Crippen molar-refractivity contribution in [3.8, 4) is 0 Å². The molecule has 0 aliphatic heterocycles. The van der Waals surface area contributed by atoms with E-state index in [1.807, 2.05) is 12.3 Å². The van der Waals surface area contributed by atoms with Gasteiger partial charge in [0.25, 0.3) is 5.69 Å². The predicted molar refractivity (Wildman–Crippen MR) is 85.9 cm³/mol. The van der Waals surface area contributed by atoms with Crippen LogP contribution in [0.1, 0.15) is 30.9 Å². The second-order valence-corrected chi connectivity index (χ2v) is 5.63. The van der Waals surface area contributed by atoms with Crippen molar-refractivity contribution < 1.29 is 4.92 Å². The Balaban J connectivity index is 2.10. The van der Waals surface area contributed by atoms with Crippen LogP contribution in [0.15, 0.2) is 36.8 Å². The fraction of sp³-hybridized carbons (Fsp3) is 0.375. The van der Waals surface area contributed by atoms with Gasteiger partial charge in [-0.1, -0.05) is 19.9 Å². The highest BCUT2D eigenvalue weighted by Gasteiger charge is 2.17. The maximum atomic E-state index is 10.8. The second-order valence-electron chi connectivity index (χ2n) is 5.63. The van der Waals surface area contributed by atoms with Crippen molar-refractivity contribution in [2.75, 3.05) is 11.9 Å². The summed E-state index contributed by atoms with van der Waals surface area (Å²) in [5.41, 5.74) is 1.81. The lowest BCUT2D eigenvalue weighted by atomic mass is 9.89. The third-order valence-electron chi connectivity index (χ3n) is 3.70. The van der Waals surface area contributed by atoms with E-state index < -0.39 is 4.92 Å². The van der Waals surface area contributed by atoms with Crippen molar-refractivity contribution in [1.82, 2.24) is 9.97 Å². The summed E-state index contributed by atoms with van der Waals surface area (Å²) in [4.78, 5) is 18.7. The summed E-state index contributed by atoms with van der Waals surface area (Å²) >= 11 is 0. The first-order valence-corrected chi connectivity index (χ1v) is 7.24. The monoisotopic (exact) mass is 300 g/mol. The first-order chi connectivity index (χ1) is 10.5. The SMILES string of the molecule is Cc1cc(NCC(c2cccnc2)C(C)C)ncc1[N+](=O)[O-]. The van der Waals surface area contributed by atoms with Crippen molar-refractivity contribution >= 4 is 11.5 Å². The highest BCUT2D eigenvalue weighted by atomic mass is 16.6. The molecular weight excluding hydrogens is 280 g/mol. The molecule has 1 atom stereocenters. The van der Waals surface area contributed by atoms with Gasteiger partial charge in [-0.25, -0.2) is 4.98 Å². The lowest BCUT2D eigenvalue weighted by Gasteiger charge is -2.21. The molecular formula is C16H20N4O2. The van der Waals surface area contributed by atoms with E-state index in [-0.39, 0.29) is 5.69 Å². The predicted octanol–water partition coefficient (Wildman–Crippen LogP) is 3.54. The molecule has 0 spiro atoms. The van der Waals surface area contributed by atoms with E-state index in [0.29, 0.717) is 29.8 Å². The van der Waals surface area contributed by atoms with E-state index in [1.165, 1.54) is 11.8 Å². The number of nitrogens with one attached hydrogen (secondary N) is 1. The molecule has 1 unspecified atom stereocenters. The standard InChI is InChI=1S/C16H20N4O2/c1-11(2)14(13-5-4-6-17-8-13)9-18-16-7-12(3)15(10-19-16)20(21)22/h4-8,10-11,14H,9H2,1-3H3,(H,18,19). The number of rotatable bonds is 6. The van der Waals surface area contributed by atoms with Gasteiger partial charge in [0.2, 0.25) is 0 Å². The summed E-state index contributed by atoms with van der Waals surface area (Å²) in [6, 6.07) is 5.70. The molecule has 0 saturated carbocycles. The van der Waals surface area contributed by atoms with Crippen LogP contribution in [0.25, 0.3) is 0 Å². The zero-order valence-electron chi connectivity index (χ0n) is 13.0. The van der Waals surface area contributed by atoms with Crippen LogP contribution in [0, 0.1) is 23.0 Å². The van der Waals surface area contributed by atoms with E-state index >= 15 is 0 Å². The number of pyridine rings is 2. The van der Waals surface area contributed by atoms with E-state index in [2.05, 4.69) is 35.2 Å². The van der Waals surface area contributed by atoms with Crippen molar-refractivity contribution in [2.24, 2.45) is 5.92 Å². The number of nitrogens with zero attached hydrogens (tertiary/aromatic N) is 3. The minimum Gasteiger partial charge on any atom is -0.369 e. The third-order valence-corrected chi connectivity index (χ3v) is 3.70. The molecule has 1 N–H and O–H groups in total. The Morgan fingerprint density at radius 3 is 2.68 bits per heavy atom. The maximum absolute atomic E-state index is 10.8. The topological polar surface area (TPSA) is 81.0 Å². The fourth-order valence-corrected chi connectivity index (χ4v) is 2.38. The first-order valence-electron chi connectivity index (χ1n) is 7.24. The van der Waals surface area contributed by atoms with Crippen molar-refractivity contribution in [3.05, 3.63) is 58.0 Å². The molecule has 6 heteroatoms. The van der Waals surface area contributed by atoms with Gasteiger partial charge in [0, 0.05) is 30.4 Å². The molecule has 0 aliphatic rings. The lowest BCUT2D eigenvalue weighted by molar-refractivity contribution is -0.385. The van der Waals surface area contributed by atoms with Crippen LogP contribution < -0.4 is 5.32 Å². The number of aryl methyl sites for hydroxylation is 1. The molecule has 2 aromatic heterocycles. The molecule has 0 fully saturated rings. The zero-order chi connectivity index (χ0) is 16.1. The molecule has 2 heterocycles. The molecule has 2 aromatic rings. The average molecular weight is 300 g/mol. The van der Waals surface area contributed by atoms with Gasteiger partial charge >= 0.3 is 0 Å². The molecule has 0 saturated heterocycles. The van der Waals surface area contributed by atoms with Crippen LogP contribution in [0.4, 0.5) is 11.5 Å². The molecule has 6 nitrogen and oxygen atoms in total. The molecule has 0 bridgehead atoms.